The Balaban J connectivity index is 1.98. The first-order chi connectivity index (χ1) is 9.45. The van der Waals surface area contributed by atoms with Crippen molar-refractivity contribution >= 4 is 54.0 Å². The number of nitrogens with zero attached hydrogens (tertiary/aromatic N) is 1. The van der Waals surface area contributed by atoms with Gasteiger partial charge >= 0.3 is 0 Å². The minimum atomic E-state index is -3.58. The number of rotatable bonds is 3. The van der Waals surface area contributed by atoms with Gasteiger partial charge in [0.2, 0.25) is 0 Å². The van der Waals surface area contributed by atoms with Crippen molar-refractivity contribution in [2.75, 3.05) is 4.72 Å². The van der Waals surface area contributed by atoms with E-state index in [1.807, 2.05) is 6.92 Å². The number of hydrogen-bond donors (Lipinski definition) is 2. The van der Waals surface area contributed by atoms with Crippen molar-refractivity contribution in [2.45, 2.75) is 11.1 Å². The van der Waals surface area contributed by atoms with Crippen molar-refractivity contribution in [3.8, 4) is 0 Å². The Bertz CT molecular complexity index is 883. The highest BCUT2D eigenvalue weighted by molar-refractivity contribution is 9.10. The van der Waals surface area contributed by atoms with Crippen molar-refractivity contribution < 1.29 is 8.42 Å². The van der Waals surface area contributed by atoms with Crippen LogP contribution in [0.2, 0.25) is 0 Å². The smallest absolute Gasteiger partial charge is 0.272 e. The van der Waals surface area contributed by atoms with Gasteiger partial charge in [0.05, 0.1) is 16.7 Å². The van der Waals surface area contributed by atoms with Crippen molar-refractivity contribution in [3.63, 3.8) is 0 Å². The summed E-state index contributed by atoms with van der Waals surface area (Å²) in [5, 5.41) is 1.72. The van der Waals surface area contributed by atoms with Gasteiger partial charge in [0.1, 0.15) is 5.82 Å². The average molecular weight is 372 g/mol. The monoisotopic (exact) mass is 371 g/mol. The summed E-state index contributed by atoms with van der Waals surface area (Å²) < 4.78 is 27.9. The minimum Gasteiger partial charge on any atom is -0.342 e. The number of halogens is 1. The number of H-pyrrole nitrogens is 1. The molecule has 3 aromatic rings. The SMILES string of the molecule is Cc1nc2ccc(NS(=O)(=O)c3sccc3Br)cc2[nH]1. The summed E-state index contributed by atoms with van der Waals surface area (Å²) in [7, 11) is -3.58. The molecule has 0 bridgehead atoms. The van der Waals surface area contributed by atoms with Gasteiger partial charge in [0, 0.05) is 4.47 Å². The van der Waals surface area contributed by atoms with Crippen LogP contribution in [0.4, 0.5) is 5.69 Å². The van der Waals surface area contributed by atoms with Crippen LogP contribution in [0, 0.1) is 6.92 Å². The zero-order valence-corrected chi connectivity index (χ0v) is 13.6. The average Bonchev–Trinajstić information content (AvgIpc) is 2.93. The highest BCUT2D eigenvalue weighted by atomic mass is 79.9. The van der Waals surface area contributed by atoms with Gasteiger partial charge < -0.3 is 4.98 Å². The van der Waals surface area contributed by atoms with Crippen molar-refractivity contribution in [2.24, 2.45) is 0 Å². The zero-order valence-electron chi connectivity index (χ0n) is 10.3. The lowest BCUT2D eigenvalue weighted by molar-refractivity contribution is 0.603. The number of imidazole rings is 1. The van der Waals surface area contributed by atoms with Gasteiger partial charge in [-0.2, -0.15) is 0 Å². The maximum absolute atomic E-state index is 12.3. The molecular formula is C12H10BrN3O2S2. The Morgan fingerprint density at radius 1 is 1.35 bits per heavy atom. The predicted molar refractivity (Wildman–Crippen MR) is 83.7 cm³/mol. The fraction of sp³-hybridized carbons (Fsp3) is 0.0833. The molecule has 104 valence electrons. The van der Waals surface area contributed by atoms with E-state index in [0.717, 1.165) is 16.9 Å². The number of benzene rings is 1. The van der Waals surface area contributed by atoms with Crippen LogP contribution in [0.1, 0.15) is 5.82 Å². The van der Waals surface area contributed by atoms with Crippen LogP contribution in [-0.2, 0) is 10.0 Å². The Kier molecular flexibility index (Phi) is 3.31. The third-order valence-corrected chi connectivity index (χ3v) is 6.73. The van der Waals surface area contributed by atoms with Crippen molar-refractivity contribution in [1.29, 1.82) is 0 Å². The molecule has 0 atom stereocenters. The number of aryl methyl sites for hydroxylation is 1. The van der Waals surface area contributed by atoms with Gasteiger partial charge in [0.15, 0.2) is 4.21 Å². The Morgan fingerprint density at radius 2 is 2.15 bits per heavy atom. The van der Waals surface area contributed by atoms with Gasteiger partial charge in [-0.25, -0.2) is 13.4 Å². The zero-order chi connectivity index (χ0) is 14.3. The molecule has 0 radical (unpaired) electrons. The van der Waals surface area contributed by atoms with Gasteiger partial charge in [-0.3, -0.25) is 4.72 Å². The van der Waals surface area contributed by atoms with Crippen LogP contribution in [0.3, 0.4) is 0 Å². The summed E-state index contributed by atoms with van der Waals surface area (Å²) >= 11 is 4.40. The molecule has 0 aliphatic heterocycles. The molecular weight excluding hydrogens is 362 g/mol. The van der Waals surface area contributed by atoms with Gasteiger partial charge in [-0.1, -0.05) is 0 Å². The molecule has 1 aromatic carbocycles. The Hall–Kier alpha value is -1.38. The molecule has 0 amide bonds. The second kappa shape index (κ2) is 4.87. The first-order valence-electron chi connectivity index (χ1n) is 5.68. The second-order valence-electron chi connectivity index (χ2n) is 4.22. The number of thiophene rings is 1. The summed E-state index contributed by atoms with van der Waals surface area (Å²) in [6, 6.07) is 6.91. The fourth-order valence-electron chi connectivity index (χ4n) is 1.87. The first kappa shape index (κ1) is 13.6. The molecule has 2 N–H and O–H groups in total. The van der Waals surface area contributed by atoms with Crippen LogP contribution in [0.25, 0.3) is 11.0 Å². The van der Waals surface area contributed by atoms with Crippen LogP contribution in [0.5, 0.6) is 0 Å². The number of aromatic nitrogens is 2. The van der Waals surface area contributed by atoms with Crippen LogP contribution >= 0.6 is 27.3 Å². The van der Waals surface area contributed by atoms with E-state index in [1.54, 1.807) is 29.6 Å². The number of hydrogen-bond acceptors (Lipinski definition) is 4. The molecule has 0 aliphatic rings. The lowest BCUT2D eigenvalue weighted by atomic mass is 10.3. The lowest BCUT2D eigenvalue weighted by Crippen LogP contribution is -2.11. The van der Waals surface area contributed by atoms with Crippen LogP contribution < -0.4 is 4.72 Å². The van der Waals surface area contributed by atoms with Crippen molar-refractivity contribution in [3.05, 3.63) is 39.9 Å². The predicted octanol–water partition coefficient (Wildman–Crippen LogP) is 3.50. The quantitative estimate of drug-likeness (QED) is 0.739. The maximum Gasteiger partial charge on any atom is 0.272 e. The molecule has 20 heavy (non-hydrogen) atoms. The number of aromatic amines is 1. The third-order valence-electron chi connectivity index (χ3n) is 2.68. The second-order valence-corrected chi connectivity index (χ2v) is 7.86. The van der Waals surface area contributed by atoms with Crippen molar-refractivity contribution in [1.82, 2.24) is 9.97 Å². The molecule has 5 nitrogen and oxygen atoms in total. The first-order valence-corrected chi connectivity index (χ1v) is 8.83. The van der Waals surface area contributed by atoms with Gasteiger partial charge in [-0.05, 0) is 52.5 Å². The third kappa shape index (κ3) is 2.46. The molecule has 8 heteroatoms. The van der Waals surface area contributed by atoms with E-state index < -0.39 is 10.0 Å². The van der Waals surface area contributed by atoms with E-state index in [0.29, 0.717) is 10.2 Å². The maximum atomic E-state index is 12.3. The van der Waals surface area contributed by atoms with E-state index >= 15 is 0 Å². The lowest BCUT2D eigenvalue weighted by Gasteiger charge is -2.06. The van der Waals surface area contributed by atoms with Crippen LogP contribution in [-0.4, -0.2) is 18.4 Å². The Labute approximate surface area is 128 Å². The van der Waals surface area contributed by atoms with E-state index in [4.69, 9.17) is 0 Å². The number of fused-ring (bicyclic) bond motifs is 1. The van der Waals surface area contributed by atoms with E-state index in [-0.39, 0.29) is 4.21 Å². The normalized spacial score (nSPS) is 11.9. The molecule has 0 saturated carbocycles. The number of nitrogens with one attached hydrogen (secondary N) is 2. The molecule has 0 unspecified atom stereocenters. The van der Waals surface area contributed by atoms with E-state index in [2.05, 4.69) is 30.6 Å². The molecule has 0 fully saturated rings. The highest BCUT2D eigenvalue weighted by Crippen LogP contribution is 2.29. The Morgan fingerprint density at radius 3 is 2.85 bits per heavy atom. The topological polar surface area (TPSA) is 74.8 Å². The van der Waals surface area contributed by atoms with Gasteiger partial charge in [0.25, 0.3) is 10.0 Å². The summed E-state index contributed by atoms with van der Waals surface area (Å²) in [6.07, 6.45) is 0. The summed E-state index contributed by atoms with van der Waals surface area (Å²) in [6.45, 7) is 1.85. The standard InChI is InChI=1S/C12H10BrN3O2S2/c1-7-14-10-3-2-8(6-11(10)15-7)16-20(17,18)12-9(13)4-5-19-12/h2-6,16H,1H3,(H,14,15). The van der Waals surface area contributed by atoms with Gasteiger partial charge in [-0.15, -0.1) is 11.3 Å². The molecule has 2 aromatic heterocycles. The van der Waals surface area contributed by atoms with E-state index in [9.17, 15) is 8.42 Å². The van der Waals surface area contributed by atoms with E-state index in [1.165, 1.54) is 11.3 Å². The summed E-state index contributed by atoms with van der Waals surface area (Å²) in [4.78, 5) is 7.35. The van der Waals surface area contributed by atoms with Crippen LogP contribution in [0.15, 0.2) is 38.3 Å². The number of anilines is 1. The molecule has 2 heterocycles. The molecule has 0 spiro atoms. The molecule has 3 rings (SSSR count). The highest BCUT2D eigenvalue weighted by Gasteiger charge is 2.19. The summed E-state index contributed by atoms with van der Waals surface area (Å²) in [5.74, 6) is 0.793. The largest absolute Gasteiger partial charge is 0.342 e. The fourth-order valence-corrected chi connectivity index (χ4v) is 5.26. The summed E-state index contributed by atoms with van der Waals surface area (Å²) in [5.41, 5.74) is 2.11. The molecule has 0 saturated heterocycles. The molecule has 0 aliphatic carbocycles. The minimum absolute atomic E-state index is 0.262. The number of sulfonamides is 1.